The van der Waals surface area contributed by atoms with E-state index in [1.54, 1.807) is 6.07 Å². The lowest BCUT2D eigenvalue weighted by Crippen LogP contribution is -2.10. The molecule has 0 spiro atoms. The molecule has 0 amide bonds. The Hall–Kier alpha value is -2.56. The Balaban J connectivity index is 1.84. The second-order valence-corrected chi connectivity index (χ2v) is 6.34. The van der Waals surface area contributed by atoms with Crippen LogP contribution in [0.4, 0.5) is 24.5 Å². The molecule has 0 radical (unpaired) electrons. The smallest absolute Gasteiger partial charge is 0.355 e. The van der Waals surface area contributed by atoms with Crippen molar-refractivity contribution >= 4 is 22.3 Å². The summed E-state index contributed by atoms with van der Waals surface area (Å²) in [6.07, 6.45) is -0.366. The summed E-state index contributed by atoms with van der Waals surface area (Å²) in [5.41, 5.74) is 3.74. The molecule has 0 aliphatic heterocycles. The summed E-state index contributed by atoms with van der Waals surface area (Å²) in [4.78, 5) is 4.75. The van der Waals surface area contributed by atoms with Crippen LogP contribution in [0.3, 0.4) is 0 Å². The molecule has 3 aromatic rings. The number of aromatic nitrogens is 1. The van der Waals surface area contributed by atoms with Crippen LogP contribution in [0.25, 0.3) is 10.9 Å². The number of benzene rings is 2. The number of aryl methyl sites for hydroxylation is 1. The number of hydrogen-bond acceptors (Lipinski definition) is 2. The van der Waals surface area contributed by atoms with Gasteiger partial charge in [0.15, 0.2) is 0 Å². The Labute approximate surface area is 143 Å². The van der Waals surface area contributed by atoms with Crippen molar-refractivity contribution in [1.29, 1.82) is 0 Å². The largest absolute Gasteiger partial charge is 0.416 e. The molecule has 25 heavy (non-hydrogen) atoms. The Morgan fingerprint density at radius 1 is 0.920 bits per heavy atom. The number of nitrogens with one attached hydrogen (secondary N) is 1. The van der Waals surface area contributed by atoms with Gasteiger partial charge in [-0.25, -0.2) is 0 Å². The molecule has 0 bridgehead atoms. The molecule has 0 saturated carbocycles. The Morgan fingerprint density at radius 3 is 2.56 bits per heavy atom. The molecule has 1 heterocycles. The normalized spacial score (nSPS) is 14.4. The van der Waals surface area contributed by atoms with Gasteiger partial charge in [-0.05, 0) is 55.5 Å². The average Bonchev–Trinajstić information content (AvgIpc) is 2.61. The van der Waals surface area contributed by atoms with Crippen molar-refractivity contribution in [2.45, 2.75) is 31.9 Å². The van der Waals surface area contributed by atoms with Crippen molar-refractivity contribution in [2.24, 2.45) is 0 Å². The van der Waals surface area contributed by atoms with E-state index in [2.05, 4.69) is 5.32 Å². The first kappa shape index (κ1) is 15.9. The number of anilines is 2. The summed E-state index contributed by atoms with van der Waals surface area (Å²) in [5.74, 6) is 0. The number of hydrogen-bond donors (Lipinski definition) is 1. The first-order valence-corrected chi connectivity index (χ1v) is 8.37. The lowest BCUT2D eigenvalue weighted by Gasteiger charge is -2.22. The van der Waals surface area contributed by atoms with Crippen molar-refractivity contribution in [2.75, 3.05) is 5.32 Å². The molecule has 1 N–H and O–H groups in total. The first-order valence-electron chi connectivity index (χ1n) is 8.37. The minimum absolute atomic E-state index is 0.443. The Kier molecular flexibility index (Phi) is 3.86. The summed E-state index contributed by atoms with van der Waals surface area (Å²) < 4.78 is 39.0. The zero-order valence-electron chi connectivity index (χ0n) is 13.5. The van der Waals surface area contributed by atoms with Crippen LogP contribution in [0.2, 0.25) is 0 Å². The zero-order valence-corrected chi connectivity index (χ0v) is 13.5. The van der Waals surface area contributed by atoms with Crippen molar-refractivity contribution in [3.8, 4) is 0 Å². The third-order valence-corrected chi connectivity index (χ3v) is 4.63. The van der Waals surface area contributed by atoms with Crippen LogP contribution in [-0.4, -0.2) is 4.98 Å². The maximum Gasteiger partial charge on any atom is 0.416 e. The third kappa shape index (κ3) is 3.06. The van der Waals surface area contributed by atoms with Gasteiger partial charge in [0, 0.05) is 16.8 Å². The minimum atomic E-state index is -4.35. The summed E-state index contributed by atoms with van der Waals surface area (Å²) in [6, 6.07) is 13.1. The SMILES string of the molecule is FC(F)(F)c1cccc(Nc2c3c(nc4ccccc24)CCCC3)c1. The van der Waals surface area contributed by atoms with E-state index in [0.717, 1.165) is 65.7 Å². The fraction of sp³-hybridized carbons (Fsp3) is 0.250. The fourth-order valence-corrected chi connectivity index (χ4v) is 3.43. The van der Waals surface area contributed by atoms with Crippen molar-refractivity contribution < 1.29 is 13.2 Å². The molecule has 2 aromatic carbocycles. The quantitative estimate of drug-likeness (QED) is 0.629. The van der Waals surface area contributed by atoms with Gasteiger partial charge in [-0.1, -0.05) is 24.3 Å². The summed E-state index contributed by atoms with van der Waals surface area (Å²) in [6.45, 7) is 0. The van der Waals surface area contributed by atoms with Gasteiger partial charge in [-0.2, -0.15) is 13.2 Å². The average molecular weight is 342 g/mol. The molecule has 0 saturated heterocycles. The number of halogens is 3. The zero-order chi connectivity index (χ0) is 17.4. The molecule has 2 nitrogen and oxygen atoms in total. The van der Waals surface area contributed by atoms with E-state index in [4.69, 9.17) is 4.98 Å². The summed E-state index contributed by atoms with van der Waals surface area (Å²) in [5, 5.41) is 4.19. The molecule has 0 fully saturated rings. The molecule has 0 atom stereocenters. The third-order valence-electron chi connectivity index (χ3n) is 4.63. The second-order valence-electron chi connectivity index (χ2n) is 6.34. The molecule has 128 valence electrons. The number of nitrogens with zero attached hydrogens (tertiary/aromatic N) is 1. The molecule has 5 heteroatoms. The van der Waals surface area contributed by atoms with Crippen LogP contribution in [0.5, 0.6) is 0 Å². The second kappa shape index (κ2) is 6.06. The van der Waals surface area contributed by atoms with E-state index in [0.29, 0.717) is 5.69 Å². The number of para-hydroxylation sites is 1. The first-order chi connectivity index (χ1) is 12.0. The highest BCUT2D eigenvalue weighted by atomic mass is 19.4. The van der Waals surface area contributed by atoms with Gasteiger partial charge in [0.05, 0.1) is 16.8 Å². The van der Waals surface area contributed by atoms with Crippen LogP contribution in [-0.2, 0) is 19.0 Å². The van der Waals surface area contributed by atoms with E-state index in [-0.39, 0.29) is 0 Å². The summed E-state index contributed by atoms with van der Waals surface area (Å²) in [7, 11) is 0. The summed E-state index contributed by atoms with van der Waals surface area (Å²) >= 11 is 0. The molecular formula is C20H17F3N2. The molecular weight excluding hydrogens is 325 g/mol. The number of pyridine rings is 1. The van der Waals surface area contributed by atoms with Crippen LogP contribution in [0, 0.1) is 0 Å². The van der Waals surface area contributed by atoms with Crippen LogP contribution in [0.15, 0.2) is 48.5 Å². The standard InChI is InChI=1S/C20H17F3N2/c21-20(22,23)13-6-5-7-14(12-13)24-19-15-8-1-3-10-17(15)25-18-11-4-2-9-16(18)19/h1,3,5-8,10,12H,2,4,9,11H2,(H,24,25). The van der Waals surface area contributed by atoms with Gasteiger partial charge in [0.1, 0.15) is 0 Å². The van der Waals surface area contributed by atoms with Gasteiger partial charge in [0.2, 0.25) is 0 Å². The van der Waals surface area contributed by atoms with Crippen LogP contribution < -0.4 is 5.32 Å². The predicted molar refractivity (Wildman–Crippen MR) is 93.1 cm³/mol. The van der Waals surface area contributed by atoms with E-state index in [1.165, 1.54) is 6.07 Å². The van der Waals surface area contributed by atoms with E-state index >= 15 is 0 Å². The Bertz CT molecular complexity index is 932. The molecule has 1 aliphatic carbocycles. The number of fused-ring (bicyclic) bond motifs is 2. The van der Waals surface area contributed by atoms with Gasteiger partial charge < -0.3 is 5.32 Å². The van der Waals surface area contributed by atoms with Gasteiger partial charge in [0.25, 0.3) is 0 Å². The highest BCUT2D eigenvalue weighted by Gasteiger charge is 2.30. The van der Waals surface area contributed by atoms with Crippen LogP contribution in [0.1, 0.15) is 29.7 Å². The molecule has 1 aliphatic rings. The molecule has 4 rings (SSSR count). The minimum Gasteiger partial charge on any atom is -0.355 e. The van der Waals surface area contributed by atoms with E-state index < -0.39 is 11.7 Å². The lowest BCUT2D eigenvalue weighted by molar-refractivity contribution is -0.137. The predicted octanol–water partition coefficient (Wildman–Crippen LogP) is 5.88. The highest BCUT2D eigenvalue weighted by molar-refractivity contribution is 5.95. The van der Waals surface area contributed by atoms with Gasteiger partial charge in [-0.3, -0.25) is 4.98 Å². The van der Waals surface area contributed by atoms with Crippen LogP contribution >= 0.6 is 0 Å². The lowest BCUT2D eigenvalue weighted by atomic mass is 9.92. The highest BCUT2D eigenvalue weighted by Crippen LogP contribution is 2.36. The van der Waals surface area contributed by atoms with E-state index in [9.17, 15) is 13.2 Å². The monoisotopic (exact) mass is 342 g/mol. The topological polar surface area (TPSA) is 24.9 Å². The maximum atomic E-state index is 13.0. The fourth-order valence-electron chi connectivity index (χ4n) is 3.43. The Morgan fingerprint density at radius 2 is 1.72 bits per heavy atom. The van der Waals surface area contributed by atoms with Crippen molar-refractivity contribution in [3.05, 3.63) is 65.4 Å². The van der Waals surface area contributed by atoms with Gasteiger partial charge >= 0.3 is 6.18 Å². The van der Waals surface area contributed by atoms with Gasteiger partial charge in [-0.15, -0.1) is 0 Å². The molecule has 1 aromatic heterocycles. The number of rotatable bonds is 2. The molecule has 0 unspecified atom stereocenters. The number of alkyl halides is 3. The maximum absolute atomic E-state index is 13.0. The van der Waals surface area contributed by atoms with Crippen molar-refractivity contribution in [3.63, 3.8) is 0 Å². The van der Waals surface area contributed by atoms with E-state index in [1.807, 2.05) is 24.3 Å². The van der Waals surface area contributed by atoms with Crippen molar-refractivity contribution in [1.82, 2.24) is 4.98 Å².